The van der Waals surface area contributed by atoms with Gasteiger partial charge in [-0.25, -0.2) is 4.79 Å². The van der Waals surface area contributed by atoms with Crippen LogP contribution in [0.25, 0.3) is 0 Å². The van der Waals surface area contributed by atoms with Gasteiger partial charge in [0.1, 0.15) is 5.75 Å². The van der Waals surface area contributed by atoms with E-state index in [0.29, 0.717) is 0 Å². The van der Waals surface area contributed by atoms with Crippen LogP contribution in [0.5, 0.6) is 5.75 Å². The number of primary amides is 1. The number of alkyl halides is 2. The van der Waals surface area contributed by atoms with Gasteiger partial charge < -0.3 is 15.2 Å². The number of rotatable bonds is 5. The Morgan fingerprint density at radius 1 is 1.33 bits per heavy atom. The van der Waals surface area contributed by atoms with E-state index in [9.17, 15) is 18.4 Å². The Labute approximate surface area is 101 Å². The largest absolute Gasteiger partial charge is 0.449 e. The minimum atomic E-state index is -2.99. The van der Waals surface area contributed by atoms with Gasteiger partial charge in [-0.1, -0.05) is 6.07 Å². The van der Waals surface area contributed by atoms with Crippen molar-refractivity contribution < 1.29 is 27.8 Å². The van der Waals surface area contributed by atoms with Crippen LogP contribution >= 0.6 is 0 Å². The first kappa shape index (κ1) is 13.9. The van der Waals surface area contributed by atoms with Gasteiger partial charge in [0.25, 0.3) is 5.91 Å². The molecule has 1 aromatic rings. The second-order valence-corrected chi connectivity index (χ2v) is 3.36. The number of hydrogen-bond donors (Lipinski definition) is 1. The number of hydrogen-bond acceptors (Lipinski definition) is 4. The summed E-state index contributed by atoms with van der Waals surface area (Å²) in [7, 11) is 0. The Balaban J connectivity index is 2.77. The van der Waals surface area contributed by atoms with E-state index >= 15 is 0 Å². The lowest BCUT2D eigenvalue weighted by atomic mass is 10.2. The average molecular weight is 259 g/mol. The molecule has 0 aliphatic rings. The van der Waals surface area contributed by atoms with Crippen LogP contribution in [0.3, 0.4) is 0 Å². The summed E-state index contributed by atoms with van der Waals surface area (Å²) in [5, 5.41) is 0. The fourth-order valence-electron chi connectivity index (χ4n) is 1.09. The van der Waals surface area contributed by atoms with Gasteiger partial charge in [-0.15, -0.1) is 0 Å². The van der Waals surface area contributed by atoms with Gasteiger partial charge in [0.05, 0.1) is 5.56 Å². The van der Waals surface area contributed by atoms with Gasteiger partial charge in [0, 0.05) is 0 Å². The van der Waals surface area contributed by atoms with Crippen LogP contribution < -0.4 is 10.5 Å². The van der Waals surface area contributed by atoms with Crippen LogP contribution in [0.15, 0.2) is 24.3 Å². The Morgan fingerprint density at radius 3 is 2.56 bits per heavy atom. The summed E-state index contributed by atoms with van der Waals surface area (Å²) in [6.07, 6.45) is -1.10. The van der Waals surface area contributed by atoms with Gasteiger partial charge in [-0.2, -0.15) is 8.78 Å². The highest BCUT2D eigenvalue weighted by Gasteiger charge is 2.17. The standard InChI is InChI=1S/C11H11F2NO4/c1-6(9(14)15)17-10(16)7-3-2-4-8(5-7)18-11(12)13/h2-6,11H,1H3,(H2,14,15). The molecule has 0 saturated carbocycles. The first-order chi connectivity index (χ1) is 8.40. The number of ether oxygens (including phenoxy) is 2. The summed E-state index contributed by atoms with van der Waals surface area (Å²) in [5.74, 6) is -1.82. The highest BCUT2D eigenvalue weighted by Crippen LogP contribution is 2.16. The molecule has 1 rings (SSSR count). The van der Waals surface area contributed by atoms with Gasteiger partial charge >= 0.3 is 12.6 Å². The quantitative estimate of drug-likeness (QED) is 0.809. The van der Waals surface area contributed by atoms with Gasteiger partial charge in [-0.05, 0) is 25.1 Å². The number of halogens is 2. The van der Waals surface area contributed by atoms with Crippen molar-refractivity contribution in [1.82, 2.24) is 0 Å². The summed E-state index contributed by atoms with van der Waals surface area (Å²) >= 11 is 0. The molecule has 1 amide bonds. The number of benzene rings is 1. The zero-order valence-electron chi connectivity index (χ0n) is 9.43. The van der Waals surface area contributed by atoms with E-state index < -0.39 is 24.6 Å². The zero-order chi connectivity index (χ0) is 13.7. The zero-order valence-corrected chi connectivity index (χ0v) is 9.43. The van der Waals surface area contributed by atoms with Crippen LogP contribution in [-0.2, 0) is 9.53 Å². The molecule has 1 atom stereocenters. The van der Waals surface area contributed by atoms with E-state index in [1.165, 1.54) is 25.1 Å². The van der Waals surface area contributed by atoms with Crippen molar-refractivity contribution in [3.05, 3.63) is 29.8 Å². The molecule has 18 heavy (non-hydrogen) atoms. The summed E-state index contributed by atoms with van der Waals surface area (Å²) < 4.78 is 32.8. The smallest absolute Gasteiger partial charge is 0.387 e. The van der Waals surface area contributed by atoms with Crippen molar-refractivity contribution in [1.29, 1.82) is 0 Å². The molecule has 0 heterocycles. The maximum Gasteiger partial charge on any atom is 0.387 e. The molecule has 0 fully saturated rings. The molecule has 0 aromatic heterocycles. The highest BCUT2D eigenvalue weighted by molar-refractivity contribution is 5.92. The van der Waals surface area contributed by atoms with Crippen LogP contribution in [0.2, 0.25) is 0 Å². The number of esters is 1. The van der Waals surface area contributed by atoms with Crippen LogP contribution in [0, 0.1) is 0 Å². The van der Waals surface area contributed by atoms with Crippen molar-refractivity contribution in [3.63, 3.8) is 0 Å². The average Bonchev–Trinajstić information content (AvgIpc) is 2.28. The molecule has 0 saturated heterocycles. The minimum absolute atomic E-state index is 0.0127. The summed E-state index contributed by atoms with van der Waals surface area (Å²) in [6.45, 7) is -1.68. The van der Waals surface area contributed by atoms with Gasteiger partial charge in [0.15, 0.2) is 6.10 Å². The molecule has 0 bridgehead atoms. The molecule has 2 N–H and O–H groups in total. The van der Waals surface area contributed by atoms with E-state index in [0.717, 1.165) is 6.07 Å². The van der Waals surface area contributed by atoms with Crippen molar-refractivity contribution in [3.8, 4) is 5.75 Å². The molecule has 0 spiro atoms. The lowest BCUT2D eigenvalue weighted by Crippen LogP contribution is -2.30. The van der Waals surface area contributed by atoms with E-state index in [2.05, 4.69) is 4.74 Å². The second-order valence-electron chi connectivity index (χ2n) is 3.36. The Bertz CT molecular complexity index is 450. The molecule has 1 unspecified atom stereocenters. The van der Waals surface area contributed by atoms with Crippen LogP contribution in [-0.4, -0.2) is 24.6 Å². The number of carbonyl (C=O) groups excluding carboxylic acids is 2. The van der Waals surface area contributed by atoms with Crippen molar-refractivity contribution in [2.75, 3.05) is 0 Å². The summed E-state index contributed by atoms with van der Waals surface area (Å²) in [4.78, 5) is 22.2. The fourth-order valence-corrected chi connectivity index (χ4v) is 1.09. The predicted octanol–water partition coefficient (Wildman–Crippen LogP) is 1.32. The van der Waals surface area contributed by atoms with Crippen molar-refractivity contribution in [2.45, 2.75) is 19.6 Å². The van der Waals surface area contributed by atoms with Crippen LogP contribution in [0.1, 0.15) is 17.3 Å². The summed E-state index contributed by atoms with van der Waals surface area (Å²) in [5.41, 5.74) is 4.91. The first-order valence-electron chi connectivity index (χ1n) is 4.95. The lowest BCUT2D eigenvalue weighted by molar-refractivity contribution is -0.125. The molecular formula is C11H11F2NO4. The third kappa shape index (κ3) is 4.00. The number of nitrogens with two attached hydrogens (primary N) is 1. The molecule has 5 nitrogen and oxygen atoms in total. The molecule has 0 radical (unpaired) electrons. The highest BCUT2D eigenvalue weighted by atomic mass is 19.3. The van der Waals surface area contributed by atoms with E-state index in [-0.39, 0.29) is 11.3 Å². The molecular weight excluding hydrogens is 248 g/mol. The Morgan fingerprint density at radius 2 is 2.00 bits per heavy atom. The first-order valence-corrected chi connectivity index (χ1v) is 4.95. The van der Waals surface area contributed by atoms with E-state index in [1.807, 2.05) is 0 Å². The number of carbonyl (C=O) groups is 2. The maximum atomic E-state index is 12.0. The minimum Gasteiger partial charge on any atom is -0.449 e. The van der Waals surface area contributed by atoms with Crippen molar-refractivity contribution >= 4 is 11.9 Å². The molecule has 98 valence electrons. The van der Waals surface area contributed by atoms with Crippen molar-refractivity contribution in [2.24, 2.45) is 5.73 Å². The molecule has 1 aromatic carbocycles. The normalized spacial score (nSPS) is 12.0. The Kier molecular flexibility index (Phi) is 4.59. The Hall–Kier alpha value is -2.18. The third-order valence-electron chi connectivity index (χ3n) is 1.98. The van der Waals surface area contributed by atoms with Crippen LogP contribution in [0.4, 0.5) is 8.78 Å². The topological polar surface area (TPSA) is 78.6 Å². The molecule has 0 aliphatic carbocycles. The molecule has 7 heteroatoms. The maximum absolute atomic E-state index is 12.0. The third-order valence-corrected chi connectivity index (χ3v) is 1.98. The summed E-state index contributed by atoms with van der Waals surface area (Å²) in [6, 6.07) is 5.04. The predicted molar refractivity (Wildman–Crippen MR) is 57.1 cm³/mol. The monoisotopic (exact) mass is 259 g/mol. The van der Waals surface area contributed by atoms with E-state index in [1.54, 1.807) is 0 Å². The fraction of sp³-hybridized carbons (Fsp3) is 0.273. The van der Waals surface area contributed by atoms with Gasteiger partial charge in [-0.3, -0.25) is 4.79 Å². The van der Waals surface area contributed by atoms with E-state index in [4.69, 9.17) is 10.5 Å². The lowest BCUT2D eigenvalue weighted by Gasteiger charge is -2.10. The molecule has 0 aliphatic heterocycles. The SMILES string of the molecule is CC(OC(=O)c1cccc(OC(F)F)c1)C(N)=O. The van der Waals surface area contributed by atoms with Gasteiger partial charge in [0.2, 0.25) is 0 Å². The number of amides is 1. The second kappa shape index (κ2) is 5.95.